The average molecular weight is 369 g/mol. The third kappa shape index (κ3) is 3.10. The Balaban J connectivity index is 1.61. The standard InChI is InChI=1S/C20H27N5O2/c1-20(2,14-6-8-15(27-3)9-7-14)19(26)24-11-4-5-16(24)18-23-22-17-13-21-10-12-25(17)18/h6-9,16,21H,4-5,10-13H2,1-3H3. The van der Waals surface area contributed by atoms with Gasteiger partial charge in [-0.25, -0.2) is 0 Å². The van der Waals surface area contributed by atoms with Gasteiger partial charge in [-0.15, -0.1) is 10.2 Å². The zero-order chi connectivity index (χ0) is 19.0. The van der Waals surface area contributed by atoms with Gasteiger partial charge in [-0.1, -0.05) is 12.1 Å². The molecule has 2 aliphatic rings. The second-order valence-electron chi connectivity index (χ2n) is 7.81. The number of amides is 1. The maximum Gasteiger partial charge on any atom is 0.233 e. The summed E-state index contributed by atoms with van der Waals surface area (Å²) in [7, 11) is 1.65. The second kappa shape index (κ2) is 6.96. The maximum atomic E-state index is 13.5. The highest BCUT2D eigenvalue weighted by Crippen LogP contribution is 2.36. The Hall–Kier alpha value is -2.41. The molecule has 4 rings (SSSR count). The fraction of sp³-hybridized carbons (Fsp3) is 0.550. The largest absolute Gasteiger partial charge is 0.497 e. The summed E-state index contributed by atoms with van der Waals surface area (Å²) in [4.78, 5) is 15.5. The van der Waals surface area contributed by atoms with E-state index in [1.807, 2.05) is 43.0 Å². The Morgan fingerprint density at radius 3 is 2.74 bits per heavy atom. The summed E-state index contributed by atoms with van der Waals surface area (Å²) in [5.41, 5.74) is 0.382. The van der Waals surface area contributed by atoms with Gasteiger partial charge in [0.25, 0.3) is 0 Å². The molecule has 1 atom stereocenters. The van der Waals surface area contributed by atoms with Gasteiger partial charge in [-0.05, 0) is 44.4 Å². The van der Waals surface area contributed by atoms with Gasteiger partial charge in [-0.3, -0.25) is 4.79 Å². The molecule has 2 aliphatic heterocycles. The number of carbonyl (C=O) groups excluding carboxylic acids is 1. The molecule has 0 aliphatic carbocycles. The lowest BCUT2D eigenvalue weighted by Crippen LogP contribution is -2.44. The third-order valence-corrected chi connectivity index (χ3v) is 5.81. The molecule has 0 spiro atoms. The van der Waals surface area contributed by atoms with Crippen LogP contribution in [0.5, 0.6) is 5.75 Å². The number of methoxy groups -OCH3 is 1. The molecule has 1 fully saturated rings. The number of aromatic nitrogens is 3. The number of likely N-dealkylation sites (tertiary alicyclic amines) is 1. The van der Waals surface area contributed by atoms with E-state index < -0.39 is 5.41 Å². The van der Waals surface area contributed by atoms with Gasteiger partial charge in [0.1, 0.15) is 11.6 Å². The number of carbonyl (C=O) groups is 1. The van der Waals surface area contributed by atoms with Gasteiger partial charge in [0, 0.05) is 19.6 Å². The van der Waals surface area contributed by atoms with E-state index in [0.29, 0.717) is 0 Å². The summed E-state index contributed by atoms with van der Waals surface area (Å²) >= 11 is 0. The molecule has 3 heterocycles. The highest BCUT2D eigenvalue weighted by molar-refractivity contribution is 5.88. The number of ether oxygens (including phenoxy) is 1. The Bertz CT molecular complexity index is 827. The minimum atomic E-state index is -0.610. The Morgan fingerprint density at radius 1 is 1.22 bits per heavy atom. The van der Waals surface area contributed by atoms with Crippen LogP contribution in [-0.2, 0) is 23.3 Å². The number of nitrogens with one attached hydrogen (secondary N) is 1. The van der Waals surface area contributed by atoms with Crippen molar-refractivity contribution in [3.05, 3.63) is 41.5 Å². The van der Waals surface area contributed by atoms with Crippen molar-refractivity contribution in [2.45, 2.75) is 51.2 Å². The molecule has 1 amide bonds. The van der Waals surface area contributed by atoms with E-state index in [4.69, 9.17) is 4.74 Å². The van der Waals surface area contributed by atoms with E-state index in [9.17, 15) is 4.79 Å². The lowest BCUT2D eigenvalue weighted by atomic mass is 9.83. The summed E-state index contributed by atoms with van der Waals surface area (Å²) < 4.78 is 7.43. The number of nitrogens with zero attached hydrogens (tertiary/aromatic N) is 4. The number of fused-ring (bicyclic) bond motifs is 1. The molecule has 1 unspecified atom stereocenters. The quantitative estimate of drug-likeness (QED) is 0.893. The van der Waals surface area contributed by atoms with Gasteiger partial charge >= 0.3 is 0 Å². The Labute approximate surface area is 159 Å². The van der Waals surface area contributed by atoms with Gasteiger partial charge < -0.3 is 19.5 Å². The molecular weight excluding hydrogens is 342 g/mol. The first-order chi connectivity index (χ1) is 13.0. The van der Waals surface area contributed by atoms with Crippen molar-refractivity contribution >= 4 is 5.91 Å². The number of benzene rings is 1. The van der Waals surface area contributed by atoms with Crippen LogP contribution in [0, 0.1) is 0 Å². The smallest absolute Gasteiger partial charge is 0.233 e. The van der Waals surface area contributed by atoms with Crippen LogP contribution in [0.25, 0.3) is 0 Å². The molecule has 0 bridgehead atoms. The van der Waals surface area contributed by atoms with E-state index in [2.05, 4.69) is 20.1 Å². The molecule has 7 nitrogen and oxygen atoms in total. The topological polar surface area (TPSA) is 72.3 Å². The Kier molecular flexibility index (Phi) is 4.63. The predicted octanol–water partition coefficient (Wildman–Crippen LogP) is 2.03. The van der Waals surface area contributed by atoms with Crippen LogP contribution in [0.3, 0.4) is 0 Å². The molecule has 1 N–H and O–H groups in total. The maximum absolute atomic E-state index is 13.5. The molecule has 144 valence electrons. The number of rotatable bonds is 4. The van der Waals surface area contributed by atoms with E-state index in [1.54, 1.807) is 7.11 Å². The summed E-state index contributed by atoms with van der Waals surface area (Å²) in [6, 6.07) is 7.79. The van der Waals surface area contributed by atoms with E-state index in [0.717, 1.165) is 62.0 Å². The summed E-state index contributed by atoms with van der Waals surface area (Å²) in [6.45, 7) is 7.27. The summed E-state index contributed by atoms with van der Waals surface area (Å²) in [6.07, 6.45) is 1.94. The molecule has 2 aromatic rings. The summed E-state index contributed by atoms with van der Waals surface area (Å²) in [5.74, 6) is 2.83. The minimum Gasteiger partial charge on any atom is -0.497 e. The van der Waals surface area contributed by atoms with Crippen LogP contribution < -0.4 is 10.1 Å². The normalized spacial score (nSPS) is 19.8. The van der Waals surface area contributed by atoms with E-state index in [1.165, 1.54) is 0 Å². The number of hydrogen-bond acceptors (Lipinski definition) is 5. The van der Waals surface area contributed by atoms with Gasteiger partial charge in [0.15, 0.2) is 5.82 Å². The van der Waals surface area contributed by atoms with E-state index >= 15 is 0 Å². The molecule has 0 saturated carbocycles. The molecule has 1 saturated heterocycles. The predicted molar refractivity (Wildman–Crippen MR) is 101 cm³/mol. The number of hydrogen-bond donors (Lipinski definition) is 1. The van der Waals surface area contributed by atoms with E-state index in [-0.39, 0.29) is 11.9 Å². The van der Waals surface area contributed by atoms with Crippen LogP contribution in [0.1, 0.15) is 49.9 Å². The van der Waals surface area contributed by atoms with Crippen LogP contribution in [0.4, 0.5) is 0 Å². The molecule has 1 aromatic heterocycles. The van der Waals surface area contributed by atoms with Crippen LogP contribution in [0.15, 0.2) is 24.3 Å². The molecular formula is C20H27N5O2. The zero-order valence-electron chi connectivity index (χ0n) is 16.2. The van der Waals surface area contributed by atoms with Crippen molar-refractivity contribution < 1.29 is 9.53 Å². The van der Waals surface area contributed by atoms with Crippen molar-refractivity contribution in [2.75, 3.05) is 20.2 Å². The van der Waals surface area contributed by atoms with Crippen LogP contribution >= 0.6 is 0 Å². The molecule has 0 radical (unpaired) electrons. The summed E-state index contributed by atoms with van der Waals surface area (Å²) in [5, 5.41) is 12.1. The molecule has 27 heavy (non-hydrogen) atoms. The Morgan fingerprint density at radius 2 is 2.00 bits per heavy atom. The first-order valence-electron chi connectivity index (χ1n) is 9.60. The fourth-order valence-electron chi connectivity index (χ4n) is 4.13. The van der Waals surface area contributed by atoms with Crippen molar-refractivity contribution in [3.63, 3.8) is 0 Å². The SMILES string of the molecule is COc1ccc(C(C)(C)C(=O)N2CCCC2c2nnc3n2CCNC3)cc1. The highest BCUT2D eigenvalue weighted by Gasteiger charge is 2.41. The highest BCUT2D eigenvalue weighted by atomic mass is 16.5. The fourth-order valence-corrected chi connectivity index (χ4v) is 4.13. The first kappa shape index (κ1) is 18.0. The van der Waals surface area contributed by atoms with Gasteiger partial charge in [0.05, 0.1) is 25.1 Å². The zero-order valence-corrected chi connectivity index (χ0v) is 16.2. The van der Waals surface area contributed by atoms with Crippen LogP contribution in [-0.4, -0.2) is 45.8 Å². The molecule has 7 heteroatoms. The minimum absolute atomic E-state index is 0.00868. The van der Waals surface area contributed by atoms with Crippen LogP contribution in [0.2, 0.25) is 0 Å². The van der Waals surface area contributed by atoms with Crippen molar-refractivity contribution in [1.82, 2.24) is 25.0 Å². The first-order valence-corrected chi connectivity index (χ1v) is 9.60. The second-order valence-corrected chi connectivity index (χ2v) is 7.81. The lowest BCUT2D eigenvalue weighted by Gasteiger charge is -2.33. The van der Waals surface area contributed by atoms with Crippen molar-refractivity contribution in [1.29, 1.82) is 0 Å². The van der Waals surface area contributed by atoms with Gasteiger partial charge in [0.2, 0.25) is 5.91 Å². The molecule has 1 aromatic carbocycles. The average Bonchev–Trinajstić information content (AvgIpc) is 3.33. The lowest BCUT2D eigenvalue weighted by molar-refractivity contribution is -0.137. The van der Waals surface area contributed by atoms with Gasteiger partial charge in [-0.2, -0.15) is 0 Å². The third-order valence-electron chi connectivity index (χ3n) is 5.81. The van der Waals surface area contributed by atoms with Crippen molar-refractivity contribution in [2.24, 2.45) is 0 Å². The van der Waals surface area contributed by atoms with Crippen molar-refractivity contribution in [3.8, 4) is 5.75 Å². The monoisotopic (exact) mass is 369 g/mol.